The monoisotopic (exact) mass is 292 g/mol. The topological polar surface area (TPSA) is 28.9 Å². The van der Waals surface area contributed by atoms with E-state index < -0.39 is 0 Å². The molecule has 1 aromatic heterocycles. The molecule has 3 rings (SSSR count). The lowest BCUT2D eigenvalue weighted by atomic mass is 9.86. The van der Waals surface area contributed by atoms with Gasteiger partial charge in [-0.3, -0.25) is 9.80 Å². The molecule has 2 aliphatic rings. The first kappa shape index (κ1) is 15.1. The molecule has 4 heteroatoms. The van der Waals surface area contributed by atoms with Gasteiger partial charge in [0.2, 0.25) is 0 Å². The Bertz CT molecular complexity index is 459. The quantitative estimate of drug-likeness (QED) is 0.834. The minimum Gasteiger partial charge on any atom is -0.465 e. The molecule has 2 aliphatic heterocycles. The molecule has 2 saturated heterocycles. The molecular formula is C17H28N2O2. The zero-order valence-electron chi connectivity index (χ0n) is 13.4. The van der Waals surface area contributed by atoms with Gasteiger partial charge in [-0.1, -0.05) is 0 Å². The third-order valence-corrected chi connectivity index (χ3v) is 5.12. The van der Waals surface area contributed by atoms with Crippen molar-refractivity contribution in [3.63, 3.8) is 0 Å². The van der Waals surface area contributed by atoms with E-state index in [4.69, 9.17) is 9.15 Å². The second-order valence-electron chi connectivity index (χ2n) is 6.63. The van der Waals surface area contributed by atoms with Gasteiger partial charge in [-0.2, -0.15) is 0 Å². The summed E-state index contributed by atoms with van der Waals surface area (Å²) in [6, 6.07) is 4.18. The summed E-state index contributed by atoms with van der Waals surface area (Å²) >= 11 is 0. The van der Waals surface area contributed by atoms with Gasteiger partial charge in [-0.05, 0) is 57.8 Å². The molecule has 0 aliphatic carbocycles. The summed E-state index contributed by atoms with van der Waals surface area (Å²) in [7, 11) is 1.80. The Hall–Kier alpha value is -0.840. The molecule has 0 radical (unpaired) electrons. The average Bonchev–Trinajstić information content (AvgIpc) is 3.04. The van der Waals surface area contributed by atoms with E-state index in [-0.39, 0.29) is 0 Å². The molecular weight excluding hydrogens is 264 g/mol. The van der Waals surface area contributed by atoms with Gasteiger partial charge in [-0.25, -0.2) is 0 Å². The predicted molar refractivity (Wildman–Crippen MR) is 83.4 cm³/mol. The van der Waals surface area contributed by atoms with Crippen molar-refractivity contribution in [2.45, 2.75) is 44.7 Å². The van der Waals surface area contributed by atoms with E-state index in [2.05, 4.69) is 21.9 Å². The smallest absolute Gasteiger partial charge is 0.118 e. The number of hydrogen-bond acceptors (Lipinski definition) is 4. The van der Waals surface area contributed by atoms with Crippen LogP contribution in [0.5, 0.6) is 0 Å². The van der Waals surface area contributed by atoms with Crippen molar-refractivity contribution in [1.82, 2.24) is 9.80 Å². The van der Waals surface area contributed by atoms with Gasteiger partial charge >= 0.3 is 0 Å². The third kappa shape index (κ3) is 3.33. The van der Waals surface area contributed by atoms with E-state index in [0.29, 0.717) is 5.54 Å². The highest BCUT2D eigenvalue weighted by molar-refractivity contribution is 5.07. The Balaban J connectivity index is 1.64. The third-order valence-electron chi connectivity index (χ3n) is 5.12. The van der Waals surface area contributed by atoms with E-state index in [9.17, 15) is 0 Å². The lowest BCUT2D eigenvalue weighted by molar-refractivity contribution is 0.0208. The Morgan fingerprint density at radius 1 is 1.24 bits per heavy atom. The molecule has 1 spiro atoms. The second-order valence-corrected chi connectivity index (χ2v) is 6.63. The minimum atomic E-state index is 0.387. The molecule has 0 aromatic carbocycles. The van der Waals surface area contributed by atoms with Crippen LogP contribution in [0.1, 0.15) is 37.2 Å². The van der Waals surface area contributed by atoms with Crippen LogP contribution >= 0.6 is 0 Å². The molecule has 0 bridgehead atoms. The SMILES string of the molecule is COCCN1CCC[C@]12CCCN(Cc1ccc(C)o1)C2. The highest BCUT2D eigenvalue weighted by Gasteiger charge is 2.43. The summed E-state index contributed by atoms with van der Waals surface area (Å²) in [5.41, 5.74) is 0.387. The van der Waals surface area contributed by atoms with Crippen LogP contribution < -0.4 is 0 Å². The first-order valence-electron chi connectivity index (χ1n) is 8.23. The maximum atomic E-state index is 5.75. The fraction of sp³-hybridized carbons (Fsp3) is 0.765. The van der Waals surface area contributed by atoms with Gasteiger partial charge in [0.25, 0.3) is 0 Å². The van der Waals surface area contributed by atoms with Crippen molar-refractivity contribution in [2.75, 3.05) is 39.9 Å². The number of aryl methyl sites for hydroxylation is 1. The largest absolute Gasteiger partial charge is 0.465 e. The second kappa shape index (κ2) is 6.51. The zero-order valence-corrected chi connectivity index (χ0v) is 13.4. The normalized spacial score (nSPS) is 27.7. The zero-order chi connectivity index (χ0) is 14.7. The van der Waals surface area contributed by atoms with Gasteiger partial charge < -0.3 is 9.15 Å². The van der Waals surface area contributed by atoms with E-state index in [0.717, 1.165) is 31.2 Å². The van der Waals surface area contributed by atoms with Crippen molar-refractivity contribution < 1.29 is 9.15 Å². The lowest BCUT2D eigenvalue weighted by Gasteiger charge is -2.46. The number of hydrogen-bond donors (Lipinski definition) is 0. The number of nitrogens with zero attached hydrogens (tertiary/aromatic N) is 2. The van der Waals surface area contributed by atoms with Crippen LogP contribution in [0, 0.1) is 6.92 Å². The summed E-state index contributed by atoms with van der Waals surface area (Å²) in [6.07, 6.45) is 5.30. The lowest BCUT2D eigenvalue weighted by Crippen LogP contribution is -2.55. The van der Waals surface area contributed by atoms with Gasteiger partial charge in [0, 0.05) is 25.7 Å². The highest BCUT2D eigenvalue weighted by Crippen LogP contribution is 2.37. The Labute approximate surface area is 128 Å². The predicted octanol–water partition coefficient (Wildman–Crippen LogP) is 2.66. The molecule has 2 fully saturated rings. The van der Waals surface area contributed by atoms with Gasteiger partial charge in [0.05, 0.1) is 13.2 Å². The summed E-state index contributed by atoms with van der Waals surface area (Å²) in [4.78, 5) is 5.25. The fourth-order valence-corrected chi connectivity index (χ4v) is 4.14. The average molecular weight is 292 g/mol. The Kier molecular flexibility index (Phi) is 4.67. The number of furan rings is 1. The molecule has 118 valence electrons. The maximum Gasteiger partial charge on any atom is 0.118 e. The maximum absolute atomic E-state index is 5.75. The van der Waals surface area contributed by atoms with Crippen LogP contribution in [-0.4, -0.2) is 55.2 Å². The summed E-state index contributed by atoms with van der Waals surface area (Å²) in [5, 5.41) is 0. The number of methoxy groups -OCH3 is 1. The van der Waals surface area contributed by atoms with E-state index in [1.54, 1.807) is 7.11 Å². The van der Waals surface area contributed by atoms with Crippen molar-refractivity contribution in [3.05, 3.63) is 23.7 Å². The summed E-state index contributed by atoms with van der Waals surface area (Å²) < 4.78 is 11.0. The summed E-state index contributed by atoms with van der Waals surface area (Å²) in [6.45, 7) is 8.49. The molecule has 21 heavy (non-hydrogen) atoms. The summed E-state index contributed by atoms with van der Waals surface area (Å²) in [5.74, 6) is 2.12. The van der Waals surface area contributed by atoms with Gasteiger partial charge in [0.1, 0.15) is 11.5 Å². The van der Waals surface area contributed by atoms with E-state index in [1.807, 2.05) is 6.92 Å². The highest BCUT2D eigenvalue weighted by atomic mass is 16.5. The molecule has 0 saturated carbocycles. The number of piperidine rings is 1. The molecule has 0 N–H and O–H groups in total. The molecule has 0 amide bonds. The van der Waals surface area contributed by atoms with Crippen molar-refractivity contribution in [3.8, 4) is 0 Å². The molecule has 1 atom stereocenters. The fourth-order valence-electron chi connectivity index (χ4n) is 4.14. The van der Waals surface area contributed by atoms with Gasteiger partial charge in [-0.15, -0.1) is 0 Å². The Morgan fingerprint density at radius 3 is 2.76 bits per heavy atom. The molecule has 4 nitrogen and oxygen atoms in total. The van der Waals surface area contributed by atoms with Crippen molar-refractivity contribution in [2.24, 2.45) is 0 Å². The van der Waals surface area contributed by atoms with E-state index >= 15 is 0 Å². The first-order valence-corrected chi connectivity index (χ1v) is 8.23. The van der Waals surface area contributed by atoms with Crippen LogP contribution in [0.25, 0.3) is 0 Å². The Morgan fingerprint density at radius 2 is 2.05 bits per heavy atom. The van der Waals surface area contributed by atoms with E-state index in [1.165, 1.54) is 45.3 Å². The number of rotatable bonds is 5. The van der Waals surface area contributed by atoms with Crippen LogP contribution in [0.15, 0.2) is 16.5 Å². The van der Waals surface area contributed by atoms with Gasteiger partial charge in [0.15, 0.2) is 0 Å². The minimum absolute atomic E-state index is 0.387. The first-order chi connectivity index (χ1) is 10.2. The van der Waals surface area contributed by atoms with Crippen LogP contribution in [0.2, 0.25) is 0 Å². The van der Waals surface area contributed by atoms with Crippen LogP contribution in [0.3, 0.4) is 0 Å². The van der Waals surface area contributed by atoms with Crippen molar-refractivity contribution >= 4 is 0 Å². The van der Waals surface area contributed by atoms with Crippen LogP contribution in [-0.2, 0) is 11.3 Å². The molecule has 0 unspecified atom stereocenters. The number of ether oxygens (including phenoxy) is 1. The molecule has 3 heterocycles. The van der Waals surface area contributed by atoms with Crippen LogP contribution in [0.4, 0.5) is 0 Å². The number of likely N-dealkylation sites (tertiary alicyclic amines) is 2. The van der Waals surface area contributed by atoms with Crippen molar-refractivity contribution in [1.29, 1.82) is 0 Å². The molecule has 1 aromatic rings. The standard InChI is InChI=1S/C17H28N2O2/c1-15-5-6-16(21-15)13-18-9-3-7-17(14-18)8-4-10-19(17)11-12-20-2/h5-6H,3-4,7-14H2,1-2H3/t17-/m0/s1.